The number of halogens is 1. The van der Waals surface area contributed by atoms with E-state index in [-0.39, 0.29) is 35.8 Å². The summed E-state index contributed by atoms with van der Waals surface area (Å²) >= 11 is 6.61. The Morgan fingerprint density at radius 1 is 1.24 bits per heavy atom. The average molecular weight is 490 g/mol. The number of benzene rings is 1. The molecular weight excluding hydrogens is 458 g/mol. The summed E-state index contributed by atoms with van der Waals surface area (Å²) in [7, 11) is 1.65. The molecule has 2 aliphatic rings. The minimum absolute atomic E-state index is 0.0261. The van der Waals surface area contributed by atoms with Crippen LogP contribution < -0.4 is 15.0 Å². The summed E-state index contributed by atoms with van der Waals surface area (Å²) < 4.78 is 24.4. The molecule has 7 nitrogen and oxygen atoms in total. The molecular formula is C26H32ClNO6. The summed E-state index contributed by atoms with van der Waals surface area (Å²) in [4.78, 5) is 26.3. The Bertz CT molecular complexity index is 1120. The number of ether oxygens (including phenoxy) is 4. The first kappa shape index (κ1) is 24.6. The molecule has 0 N–H and O–H groups in total. The highest BCUT2D eigenvalue weighted by molar-refractivity contribution is 6.32. The smallest absolute Gasteiger partial charge is 0.343 e. The van der Waals surface area contributed by atoms with Crippen LogP contribution >= 0.6 is 11.6 Å². The van der Waals surface area contributed by atoms with Crippen LogP contribution in [-0.2, 0) is 9.47 Å². The van der Waals surface area contributed by atoms with Gasteiger partial charge in [0.25, 0.3) is 5.56 Å². The van der Waals surface area contributed by atoms with Crippen molar-refractivity contribution < 1.29 is 23.7 Å². The molecule has 1 atom stereocenters. The van der Waals surface area contributed by atoms with Crippen LogP contribution in [0.15, 0.2) is 23.0 Å². The third-order valence-electron chi connectivity index (χ3n) is 6.40. The van der Waals surface area contributed by atoms with E-state index < -0.39 is 5.97 Å². The summed E-state index contributed by atoms with van der Waals surface area (Å²) in [5, 5.41) is 0.441. The summed E-state index contributed by atoms with van der Waals surface area (Å²) in [6, 6.07) is 5.29. The molecule has 1 aromatic heterocycles. The van der Waals surface area contributed by atoms with Crippen molar-refractivity contribution in [1.82, 2.24) is 4.57 Å². The molecule has 1 saturated carbocycles. The van der Waals surface area contributed by atoms with Gasteiger partial charge in [-0.25, -0.2) is 4.79 Å². The van der Waals surface area contributed by atoms with Crippen LogP contribution in [0.4, 0.5) is 0 Å². The number of esters is 1. The van der Waals surface area contributed by atoms with Crippen molar-refractivity contribution in [2.24, 2.45) is 5.92 Å². The fourth-order valence-electron chi connectivity index (χ4n) is 4.52. The van der Waals surface area contributed by atoms with Crippen LogP contribution in [0.3, 0.4) is 0 Å². The fourth-order valence-corrected chi connectivity index (χ4v) is 4.73. The Labute approximate surface area is 204 Å². The van der Waals surface area contributed by atoms with Crippen LogP contribution in [0.5, 0.6) is 11.5 Å². The first-order valence-corrected chi connectivity index (χ1v) is 12.3. The highest BCUT2D eigenvalue weighted by Crippen LogP contribution is 2.49. The van der Waals surface area contributed by atoms with E-state index in [2.05, 4.69) is 13.8 Å². The summed E-state index contributed by atoms with van der Waals surface area (Å²) in [5.74, 6) is 0.641. The number of hydrogen-bond donors (Lipinski definition) is 0. The van der Waals surface area contributed by atoms with Crippen molar-refractivity contribution in [3.63, 3.8) is 0 Å². The average Bonchev–Trinajstić information content (AvgIpc) is 2.76. The van der Waals surface area contributed by atoms with E-state index in [9.17, 15) is 9.59 Å². The van der Waals surface area contributed by atoms with Crippen molar-refractivity contribution >= 4 is 17.6 Å². The van der Waals surface area contributed by atoms with Crippen molar-refractivity contribution in [2.45, 2.75) is 58.6 Å². The summed E-state index contributed by atoms with van der Waals surface area (Å²) in [6.45, 7) is 7.10. The standard InChI is InChI=1S/C26H32ClNO6/c1-5-32-26(30)19-12-18-23(28(25(19)29)16-8-6-9-16)17-13-20(27)22(33-11-7-10-31-4)14-21(17)34-24(18)15(2)3/h12-16,24H,5-11H2,1-4H3. The maximum Gasteiger partial charge on any atom is 0.343 e. The molecule has 2 heterocycles. The molecule has 0 spiro atoms. The lowest BCUT2D eigenvalue weighted by atomic mass is 9.87. The lowest BCUT2D eigenvalue weighted by Gasteiger charge is -2.37. The number of rotatable bonds is 9. The predicted molar refractivity (Wildman–Crippen MR) is 130 cm³/mol. The number of methoxy groups -OCH3 is 1. The lowest BCUT2D eigenvalue weighted by molar-refractivity contribution is 0.0522. The molecule has 0 bridgehead atoms. The zero-order chi connectivity index (χ0) is 24.4. The molecule has 1 aliphatic heterocycles. The van der Waals surface area contributed by atoms with Crippen molar-refractivity contribution in [3.8, 4) is 22.8 Å². The molecule has 2 aromatic rings. The van der Waals surface area contributed by atoms with Gasteiger partial charge in [0.15, 0.2) is 0 Å². The molecule has 0 amide bonds. The number of pyridine rings is 1. The number of carbonyl (C=O) groups is 1. The van der Waals surface area contributed by atoms with Crippen molar-refractivity contribution in [3.05, 3.63) is 44.7 Å². The van der Waals surface area contributed by atoms with Gasteiger partial charge in [-0.2, -0.15) is 0 Å². The summed E-state index contributed by atoms with van der Waals surface area (Å²) in [5.41, 5.74) is 2.04. The number of carbonyl (C=O) groups excluding carboxylic acids is 1. The molecule has 4 rings (SSSR count). The largest absolute Gasteiger partial charge is 0.492 e. The van der Waals surface area contributed by atoms with Gasteiger partial charge in [0, 0.05) is 43.4 Å². The molecule has 0 saturated heterocycles. The Kier molecular flexibility index (Phi) is 7.53. The molecule has 1 fully saturated rings. The Balaban J connectivity index is 1.88. The van der Waals surface area contributed by atoms with Gasteiger partial charge in [0.1, 0.15) is 23.2 Å². The van der Waals surface area contributed by atoms with E-state index in [4.69, 9.17) is 30.5 Å². The second-order valence-electron chi connectivity index (χ2n) is 9.10. The number of nitrogens with zero attached hydrogens (tertiary/aromatic N) is 1. The molecule has 34 heavy (non-hydrogen) atoms. The fraction of sp³-hybridized carbons (Fsp3) is 0.538. The maximum absolute atomic E-state index is 13.6. The third kappa shape index (κ3) is 4.56. The van der Waals surface area contributed by atoms with Crippen LogP contribution in [0.25, 0.3) is 11.3 Å². The normalized spacial score (nSPS) is 16.9. The van der Waals surface area contributed by atoms with Gasteiger partial charge in [0.2, 0.25) is 0 Å². The van der Waals surface area contributed by atoms with E-state index >= 15 is 0 Å². The third-order valence-corrected chi connectivity index (χ3v) is 6.70. The van der Waals surface area contributed by atoms with Gasteiger partial charge in [-0.15, -0.1) is 0 Å². The monoisotopic (exact) mass is 489 g/mol. The van der Waals surface area contributed by atoms with Gasteiger partial charge in [-0.3, -0.25) is 4.79 Å². The highest BCUT2D eigenvalue weighted by Gasteiger charge is 2.37. The zero-order valence-electron chi connectivity index (χ0n) is 20.2. The summed E-state index contributed by atoms with van der Waals surface area (Å²) in [6.07, 6.45) is 3.21. The molecule has 1 aromatic carbocycles. The van der Waals surface area contributed by atoms with E-state index in [1.54, 1.807) is 36.8 Å². The SMILES string of the molecule is CCOC(=O)c1cc2c(n(C3CCC3)c1=O)-c1cc(Cl)c(OCCCOC)cc1OC2C(C)C. The zero-order valence-corrected chi connectivity index (χ0v) is 20.9. The van der Waals surface area contributed by atoms with E-state index in [0.29, 0.717) is 29.7 Å². The van der Waals surface area contributed by atoms with Crippen LogP contribution in [0, 0.1) is 5.92 Å². The topological polar surface area (TPSA) is 76.0 Å². The number of aromatic nitrogens is 1. The number of hydrogen-bond acceptors (Lipinski definition) is 6. The van der Waals surface area contributed by atoms with Crippen LogP contribution in [-0.4, -0.2) is 37.5 Å². The van der Waals surface area contributed by atoms with Gasteiger partial charge in [-0.05, 0) is 44.2 Å². The second-order valence-corrected chi connectivity index (χ2v) is 9.51. The lowest BCUT2D eigenvalue weighted by Crippen LogP contribution is -2.37. The quantitative estimate of drug-likeness (QED) is 0.338. The van der Waals surface area contributed by atoms with E-state index in [1.807, 2.05) is 0 Å². The molecule has 8 heteroatoms. The van der Waals surface area contributed by atoms with Crippen LogP contribution in [0.2, 0.25) is 5.02 Å². The Morgan fingerprint density at radius 3 is 2.62 bits per heavy atom. The van der Waals surface area contributed by atoms with Crippen LogP contribution in [0.1, 0.15) is 74.5 Å². The minimum Gasteiger partial charge on any atom is -0.492 e. The van der Waals surface area contributed by atoms with Gasteiger partial charge in [0.05, 0.1) is 23.9 Å². The van der Waals surface area contributed by atoms with Gasteiger partial charge >= 0.3 is 5.97 Å². The molecule has 184 valence electrons. The second kappa shape index (κ2) is 10.4. The molecule has 0 radical (unpaired) electrons. The molecule has 1 unspecified atom stereocenters. The Hall–Kier alpha value is -2.51. The first-order chi connectivity index (χ1) is 16.4. The van der Waals surface area contributed by atoms with E-state index in [1.165, 1.54) is 0 Å². The van der Waals surface area contributed by atoms with Crippen molar-refractivity contribution in [1.29, 1.82) is 0 Å². The van der Waals surface area contributed by atoms with Crippen molar-refractivity contribution in [2.75, 3.05) is 26.9 Å². The van der Waals surface area contributed by atoms with E-state index in [0.717, 1.165) is 42.5 Å². The van der Waals surface area contributed by atoms with Gasteiger partial charge < -0.3 is 23.5 Å². The molecule has 1 aliphatic carbocycles. The predicted octanol–water partition coefficient (Wildman–Crippen LogP) is 5.58. The number of fused-ring (bicyclic) bond motifs is 3. The highest BCUT2D eigenvalue weighted by atomic mass is 35.5. The first-order valence-electron chi connectivity index (χ1n) is 12.0. The van der Waals surface area contributed by atoms with Gasteiger partial charge in [-0.1, -0.05) is 25.4 Å². The Morgan fingerprint density at radius 2 is 2.00 bits per heavy atom. The maximum atomic E-state index is 13.6. The minimum atomic E-state index is -0.602.